The summed E-state index contributed by atoms with van der Waals surface area (Å²) >= 11 is 0. The predicted molar refractivity (Wildman–Crippen MR) is 51.8 cm³/mol. The van der Waals surface area contributed by atoms with E-state index in [-0.39, 0.29) is 0 Å². The summed E-state index contributed by atoms with van der Waals surface area (Å²) in [6.07, 6.45) is 6.43. The highest BCUT2D eigenvalue weighted by Gasteiger charge is 2.24. The monoisotopic (exact) mass is 168 g/mol. The van der Waals surface area contributed by atoms with Crippen LogP contribution in [0.5, 0.6) is 0 Å². The molecule has 1 saturated heterocycles. The van der Waals surface area contributed by atoms with Gasteiger partial charge in [-0.2, -0.15) is 0 Å². The van der Waals surface area contributed by atoms with E-state index in [1.807, 2.05) is 0 Å². The van der Waals surface area contributed by atoms with Crippen molar-refractivity contribution in [3.8, 4) is 0 Å². The van der Waals surface area contributed by atoms with E-state index < -0.39 is 0 Å². The molecular weight excluding hydrogens is 148 g/mol. The fourth-order valence-electron chi connectivity index (χ4n) is 1.91. The first-order valence-corrected chi connectivity index (χ1v) is 4.95. The summed E-state index contributed by atoms with van der Waals surface area (Å²) in [6, 6.07) is 0. The number of rotatable bonds is 4. The van der Waals surface area contributed by atoms with Crippen LogP contribution in [0.3, 0.4) is 0 Å². The van der Waals surface area contributed by atoms with Crippen LogP contribution in [-0.2, 0) is 0 Å². The Hall–Kier alpha value is -0.0800. The Labute approximate surface area is 76.1 Å². The zero-order valence-electron chi connectivity index (χ0n) is 8.03. The highest BCUT2D eigenvalue weighted by molar-refractivity contribution is 4.86. The zero-order valence-corrected chi connectivity index (χ0v) is 8.03. The van der Waals surface area contributed by atoms with Crippen LogP contribution < -0.4 is 10.6 Å². The highest BCUT2D eigenvalue weighted by Crippen LogP contribution is 2.23. The molecule has 1 atom stereocenters. The highest BCUT2D eigenvalue weighted by atomic mass is 15.0. The molecule has 1 heterocycles. The summed E-state index contributed by atoms with van der Waals surface area (Å²) in [5.74, 6) is 0. The van der Waals surface area contributed by atoms with Gasteiger partial charge in [0.15, 0.2) is 0 Å². The Morgan fingerprint density at radius 3 is 2.92 bits per heavy atom. The molecule has 0 aromatic rings. The van der Waals surface area contributed by atoms with Crippen LogP contribution >= 0.6 is 0 Å². The third-order valence-corrected chi connectivity index (χ3v) is 2.76. The van der Waals surface area contributed by atoms with E-state index in [4.69, 9.17) is 7.05 Å². The van der Waals surface area contributed by atoms with Crippen LogP contribution in [0, 0.1) is 7.05 Å². The predicted octanol–water partition coefficient (Wildman–Crippen LogP) is 1.56. The second-order valence-electron chi connectivity index (χ2n) is 4.00. The van der Waals surface area contributed by atoms with Crippen molar-refractivity contribution in [2.75, 3.05) is 13.1 Å². The van der Waals surface area contributed by atoms with Gasteiger partial charge in [-0.1, -0.05) is 6.42 Å². The largest absolute Gasteiger partial charge is 0.312 e. The molecule has 0 bridgehead atoms. The zero-order chi connectivity index (χ0) is 8.86. The summed E-state index contributed by atoms with van der Waals surface area (Å²) in [5, 5.41) is 6.28. The van der Waals surface area contributed by atoms with E-state index in [0.717, 1.165) is 6.54 Å². The van der Waals surface area contributed by atoms with Crippen LogP contribution in [0.15, 0.2) is 0 Å². The first-order chi connectivity index (χ1) is 5.77. The van der Waals surface area contributed by atoms with E-state index in [1.54, 1.807) is 0 Å². The van der Waals surface area contributed by atoms with Gasteiger partial charge in [-0.05, 0) is 45.7 Å². The maximum absolute atomic E-state index is 5.22. The molecule has 0 spiro atoms. The normalized spacial score (nSPS) is 30.5. The summed E-state index contributed by atoms with van der Waals surface area (Å²) in [5.41, 5.74) is 0.384. The molecule has 0 amide bonds. The lowest BCUT2D eigenvalue weighted by molar-refractivity contribution is 0.256. The maximum atomic E-state index is 5.22. The van der Waals surface area contributed by atoms with Gasteiger partial charge >= 0.3 is 0 Å². The third kappa shape index (κ3) is 3.11. The Morgan fingerprint density at radius 2 is 2.33 bits per heavy atom. The van der Waals surface area contributed by atoms with Crippen molar-refractivity contribution < 1.29 is 0 Å². The first kappa shape index (κ1) is 10.0. The average Bonchev–Trinajstić information content (AvgIpc) is 2.06. The molecule has 2 heteroatoms. The molecule has 1 aliphatic heterocycles. The second kappa shape index (κ2) is 4.83. The van der Waals surface area contributed by atoms with E-state index in [9.17, 15) is 0 Å². The van der Waals surface area contributed by atoms with Crippen molar-refractivity contribution in [2.24, 2.45) is 0 Å². The Kier molecular flexibility index (Phi) is 4.02. The molecule has 1 unspecified atom stereocenters. The summed E-state index contributed by atoms with van der Waals surface area (Å²) in [4.78, 5) is 0. The van der Waals surface area contributed by atoms with Gasteiger partial charge in [-0.15, -0.1) is 0 Å². The molecule has 2 radical (unpaired) electrons. The van der Waals surface area contributed by atoms with Crippen molar-refractivity contribution in [2.45, 2.75) is 44.6 Å². The van der Waals surface area contributed by atoms with Gasteiger partial charge in [0.1, 0.15) is 0 Å². The lowest BCUT2D eigenvalue weighted by atomic mass is 9.87. The minimum absolute atomic E-state index is 0.384. The van der Waals surface area contributed by atoms with E-state index in [1.165, 1.54) is 38.6 Å². The van der Waals surface area contributed by atoms with Crippen molar-refractivity contribution in [3.63, 3.8) is 0 Å². The third-order valence-electron chi connectivity index (χ3n) is 2.76. The molecule has 2 N–H and O–H groups in total. The molecule has 0 saturated carbocycles. The first-order valence-electron chi connectivity index (χ1n) is 4.95. The summed E-state index contributed by atoms with van der Waals surface area (Å²) < 4.78 is 0. The minimum atomic E-state index is 0.384. The minimum Gasteiger partial charge on any atom is -0.312 e. The van der Waals surface area contributed by atoms with Crippen LogP contribution in [0.4, 0.5) is 0 Å². The number of hydrogen-bond donors (Lipinski definition) is 2. The van der Waals surface area contributed by atoms with Crippen LogP contribution in [0.2, 0.25) is 0 Å². The maximum Gasteiger partial charge on any atom is 0.0407 e. The topological polar surface area (TPSA) is 24.1 Å². The summed E-state index contributed by atoms with van der Waals surface area (Å²) in [7, 11) is 5.22. The van der Waals surface area contributed by atoms with Crippen molar-refractivity contribution in [3.05, 3.63) is 7.05 Å². The molecule has 2 nitrogen and oxygen atoms in total. The standard InChI is InChI=1S/C10H20N2/c1-10(7-5-8-11-2)6-3-4-9-12-10/h2,11-12H,3-9H2,1H3. The fraction of sp³-hybridized carbons (Fsp3) is 0.900. The van der Waals surface area contributed by atoms with E-state index in [0.29, 0.717) is 5.54 Å². The lowest BCUT2D eigenvalue weighted by Crippen LogP contribution is -2.46. The second-order valence-corrected chi connectivity index (χ2v) is 4.00. The van der Waals surface area contributed by atoms with Gasteiger partial charge in [0, 0.05) is 12.6 Å². The van der Waals surface area contributed by atoms with Gasteiger partial charge in [0.05, 0.1) is 0 Å². The number of hydrogen-bond acceptors (Lipinski definition) is 2. The number of nitrogens with one attached hydrogen (secondary N) is 2. The van der Waals surface area contributed by atoms with Crippen LogP contribution in [0.25, 0.3) is 0 Å². The summed E-state index contributed by atoms with van der Waals surface area (Å²) in [6.45, 7) is 4.44. The smallest absolute Gasteiger partial charge is 0.0407 e. The Morgan fingerprint density at radius 1 is 1.50 bits per heavy atom. The molecule has 0 aliphatic carbocycles. The van der Waals surface area contributed by atoms with Crippen molar-refractivity contribution in [1.29, 1.82) is 0 Å². The van der Waals surface area contributed by atoms with Gasteiger partial charge in [-0.3, -0.25) is 0 Å². The molecule has 1 fully saturated rings. The fourth-order valence-corrected chi connectivity index (χ4v) is 1.91. The van der Waals surface area contributed by atoms with Crippen LogP contribution in [-0.4, -0.2) is 18.6 Å². The SMILES string of the molecule is [CH]NCCCC1(C)CCCCN1. The average molecular weight is 168 g/mol. The van der Waals surface area contributed by atoms with Crippen LogP contribution in [0.1, 0.15) is 39.0 Å². The Bertz CT molecular complexity index is 117. The molecule has 1 aliphatic rings. The van der Waals surface area contributed by atoms with E-state index >= 15 is 0 Å². The lowest BCUT2D eigenvalue weighted by Gasteiger charge is -2.35. The van der Waals surface area contributed by atoms with Crippen molar-refractivity contribution in [1.82, 2.24) is 10.6 Å². The quantitative estimate of drug-likeness (QED) is 0.491. The van der Waals surface area contributed by atoms with Gasteiger partial charge in [0.25, 0.3) is 0 Å². The molecule has 1 rings (SSSR count). The van der Waals surface area contributed by atoms with Gasteiger partial charge < -0.3 is 10.6 Å². The molecular formula is C10H20N2. The van der Waals surface area contributed by atoms with Gasteiger partial charge in [-0.25, -0.2) is 0 Å². The molecule has 0 aromatic carbocycles. The number of piperidine rings is 1. The Balaban J connectivity index is 2.17. The molecule has 12 heavy (non-hydrogen) atoms. The van der Waals surface area contributed by atoms with Crippen molar-refractivity contribution >= 4 is 0 Å². The molecule has 0 aromatic heterocycles. The van der Waals surface area contributed by atoms with E-state index in [2.05, 4.69) is 17.6 Å². The van der Waals surface area contributed by atoms with Gasteiger partial charge in [0.2, 0.25) is 0 Å². The molecule has 70 valence electrons.